The Kier molecular flexibility index (Phi) is 6.15. The van der Waals surface area contributed by atoms with Gasteiger partial charge in [0.05, 0.1) is 5.60 Å². The van der Waals surface area contributed by atoms with Crippen LogP contribution in [0.15, 0.2) is 48.7 Å². The van der Waals surface area contributed by atoms with Gasteiger partial charge in [-0.2, -0.15) is 0 Å². The van der Waals surface area contributed by atoms with Gasteiger partial charge < -0.3 is 14.5 Å². The van der Waals surface area contributed by atoms with E-state index in [1.54, 1.807) is 0 Å². The van der Waals surface area contributed by atoms with Gasteiger partial charge in [0.15, 0.2) is 0 Å². The summed E-state index contributed by atoms with van der Waals surface area (Å²) in [5, 5.41) is 0. The van der Waals surface area contributed by atoms with Crippen molar-refractivity contribution >= 4 is 11.7 Å². The molecule has 1 aromatic heterocycles. The molecule has 5 rings (SSSR count). The standard InChI is InChI=1S/C26H34N4O2/c1-21-5-4-6-22(19-21)25(31)30-12-9-26(10-13-30)20-23(8-18-32-26)28-14-16-29(17-15-28)24-7-2-3-11-27-24/h2-7,11,19,23H,8-10,12-18,20H2,1H3. The molecule has 1 atom stereocenters. The first-order valence-corrected chi connectivity index (χ1v) is 12.0. The van der Waals surface area contributed by atoms with E-state index in [4.69, 9.17) is 4.74 Å². The number of carbonyl (C=O) groups excluding carboxylic acids is 1. The monoisotopic (exact) mass is 434 g/mol. The summed E-state index contributed by atoms with van der Waals surface area (Å²) >= 11 is 0. The number of likely N-dealkylation sites (tertiary alicyclic amines) is 1. The summed E-state index contributed by atoms with van der Waals surface area (Å²) in [5.74, 6) is 1.24. The van der Waals surface area contributed by atoms with Gasteiger partial charge >= 0.3 is 0 Å². The van der Waals surface area contributed by atoms with Crippen LogP contribution in [0.1, 0.15) is 41.6 Å². The fraction of sp³-hybridized carbons (Fsp3) is 0.538. The average Bonchev–Trinajstić information content (AvgIpc) is 2.85. The molecule has 0 aliphatic carbocycles. The number of pyridine rings is 1. The molecule has 1 unspecified atom stereocenters. The Bertz CT molecular complexity index is 918. The number of hydrogen-bond donors (Lipinski definition) is 0. The topological polar surface area (TPSA) is 48.9 Å². The number of aromatic nitrogens is 1. The van der Waals surface area contributed by atoms with Crippen LogP contribution in [0.3, 0.4) is 0 Å². The highest BCUT2D eigenvalue weighted by atomic mass is 16.5. The number of piperidine rings is 1. The molecule has 6 nitrogen and oxygen atoms in total. The molecule has 0 saturated carbocycles. The molecular formula is C26H34N4O2. The van der Waals surface area contributed by atoms with Crippen molar-refractivity contribution in [2.75, 3.05) is 50.8 Å². The van der Waals surface area contributed by atoms with Gasteiger partial charge in [-0.1, -0.05) is 23.8 Å². The minimum Gasteiger partial charge on any atom is -0.375 e. The van der Waals surface area contributed by atoms with Crippen LogP contribution in [-0.2, 0) is 4.74 Å². The van der Waals surface area contributed by atoms with E-state index in [0.29, 0.717) is 6.04 Å². The van der Waals surface area contributed by atoms with Crippen LogP contribution in [0.25, 0.3) is 0 Å². The first-order valence-electron chi connectivity index (χ1n) is 12.0. The highest BCUT2D eigenvalue weighted by Crippen LogP contribution is 2.37. The third kappa shape index (κ3) is 4.52. The first kappa shape index (κ1) is 21.4. The molecule has 0 N–H and O–H groups in total. The van der Waals surface area contributed by atoms with Crippen molar-refractivity contribution in [3.05, 3.63) is 59.8 Å². The smallest absolute Gasteiger partial charge is 0.253 e. The largest absolute Gasteiger partial charge is 0.375 e. The zero-order valence-corrected chi connectivity index (χ0v) is 19.1. The van der Waals surface area contributed by atoms with E-state index >= 15 is 0 Å². The van der Waals surface area contributed by atoms with Gasteiger partial charge in [-0.25, -0.2) is 4.98 Å². The van der Waals surface area contributed by atoms with Crippen LogP contribution in [0.5, 0.6) is 0 Å². The quantitative estimate of drug-likeness (QED) is 0.741. The van der Waals surface area contributed by atoms with Crippen LogP contribution in [0, 0.1) is 6.92 Å². The zero-order chi connectivity index (χ0) is 22.0. The molecule has 170 valence electrons. The number of benzene rings is 1. The number of rotatable bonds is 3. The molecular weight excluding hydrogens is 400 g/mol. The average molecular weight is 435 g/mol. The molecule has 1 spiro atoms. The number of aryl methyl sites for hydroxylation is 1. The Morgan fingerprint density at radius 2 is 1.84 bits per heavy atom. The Morgan fingerprint density at radius 1 is 1.03 bits per heavy atom. The third-order valence-electron chi connectivity index (χ3n) is 7.50. The molecule has 1 amide bonds. The van der Waals surface area contributed by atoms with Crippen LogP contribution in [-0.4, -0.2) is 78.2 Å². The molecule has 4 heterocycles. The second kappa shape index (κ2) is 9.20. The Balaban J connectivity index is 1.16. The van der Waals surface area contributed by atoms with E-state index in [1.165, 1.54) is 0 Å². The fourth-order valence-electron chi connectivity index (χ4n) is 5.60. The lowest BCUT2D eigenvalue weighted by molar-refractivity contribution is -0.130. The summed E-state index contributed by atoms with van der Waals surface area (Å²) in [6.07, 6.45) is 5.95. The van der Waals surface area contributed by atoms with Crippen molar-refractivity contribution in [2.24, 2.45) is 0 Å². The molecule has 0 radical (unpaired) electrons. The van der Waals surface area contributed by atoms with Crippen molar-refractivity contribution in [3.63, 3.8) is 0 Å². The van der Waals surface area contributed by atoms with Crippen molar-refractivity contribution in [2.45, 2.75) is 44.2 Å². The summed E-state index contributed by atoms with van der Waals surface area (Å²) in [5.41, 5.74) is 1.87. The number of amides is 1. The Morgan fingerprint density at radius 3 is 2.56 bits per heavy atom. The normalized spacial score (nSPS) is 24.0. The van der Waals surface area contributed by atoms with Gasteiger partial charge in [0.25, 0.3) is 5.91 Å². The van der Waals surface area contributed by atoms with E-state index in [9.17, 15) is 4.79 Å². The van der Waals surface area contributed by atoms with Crippen LogP contribution < -0.4 is 4.90 Å². The predicted octanol–water partition coefficient (Wildman–Crippen LogP) is 3.37. The lowest BCUT2D eigenvalue weighted by Crippen LogP contribution is -2.57. The highest BCUT2D eigenvalue weighted by Gasteiger charge is 2.43. The number of carbonyl (C=O) groups is 1. The second-order valence-corrected chi connectivity index (χ2v) is 9.55. The number of piperazine rings is 1. The summed E-state index contributed by atoms with van der Waals surface area (Å²) in [6.45, 7) is 8.65. The summed E-state index contributed by atoms with van der Waals surface area (Å²) in [7, 11) is 0. The van der Waals surface area contributed by atoms with Gasteiger partial charge in [-0.15, -0.1) is 0 Å². The van der Waals surface area contributed by atoms with Crippen molar-refractivity contribution < 1.29 is 9.53 Å². The Hall–Kier alpha value is -2.44. The Labute approximate surface area is 191 Å². The van der Waals surface area contributed by atoms with Gasteiger partial charge in [0, 0.05) is 63.7 Å². The molecule has 3 aliphatic rings. The summed E-state index contributed by atoms with van der Waals surface area (Å²) in [4.78, 5) is 24.5. The van der Waals surface area contributed by atoms with E-state index < -0.39 is 0 Å². The minimum absolute atomic E-state index is 0.0651. The van der Waals surface area contributed by atoms with Crippen molar-refractivity contribution in [3.8, 4) is 0 Å². The van der Waals surface area contributed by atoms with E-state index in [1.807, 2.05) is 48.4 Å². The first-order chi connectivity index (χ1) is 15.6. The summed E-state index contributed by atoms with van der Waals surface area (Å²) in [6, 6.07) is 14.6. The van der Waals surface area contributed by atoms with E-state index in [2.05, 4.69) is 26.9 Å². The molecule has 3 saturated heterocycles. The number of hydrogen-bond acceptors (Lipinski definition) is 5. The van der Waals surface area contributed by atoms with Crippen molar-refractivity contribution in [1.29, 1.82) is 0 Å². The van der Waals surface area contributed by atoms with E-state index in [0.717, 1.165) is 88.5 Å². The number of nitrogens with zero attached hydrogens (tertiary/aromatic N) is 4. The predicted molar refractivity (Wildman–Crippen MR) is 126 cm³/mol. The lowest BCUT2D eigenvalue weighted by Gasteiger charge is -2.49. The second-order valence-electron chi connectivity index (χ2n) is 9.55. The number of anilines is 1. The maximum Gasteiger partial charge on any atom is 0.253 e. The molecule has 3 fully saturated rings. The maximum atomic E-state index is 12.9. The van der Waals surface area contributed by atoms with Crippen LogP contribution >= 0.6 is 0 Å². The lowest BCUT2D eigenvalue weighted by atomic mass is 9.81. The van der Waals surface area contributed by atoms with Crippen LogP contribution in [0.4, 0.5) is 5.82 Å². The SMILES string of the molecule is Cc1cccc(C(=O)N2CCC3(CC2)CC(N2CCN(c4ccccn4)CC2)CCO3)c1. The number of ether oxygens (including phenoxy) is 1. The summed E-state index contributed by atoms with van der Waals surface area (Å²) < 4.78 is 6.39. The molecule has 6 heteroatoms. The maximum absolute atomic E-state index is 12.9. The molecule has 1 aromatic carbocycles. The van der Waals surface area contributed by atoms with Gasteiger partial charge in [0.2, 0.25) is 0 Å². The van der Waals surface area contributed by atoms with Crippen molar-refractivity contribution in [1.82, 2.24) is 14.8 Å². The molecule has 32 heavy (non-hydrogen) atoms. The fourth-order valence-corrected chi connectivity index (χ4v) is 5.60. The molecule has 2 aromatic rings. The van der Waals surface area contributed by atoms with Crippen LogP contribution in [0.2, 0.25) is 0 Å². The van der Waals surface area contributed by atoms with Gasteiger partial charge in [-0.3, -0.25) is 9.69 Å². The van der Waals surface area contributed by atoms with Gasteiger partial charge in [-0.05, 0) is 56.9 Å². The van der Waals surface area contributed by atoms with Gasteiger partial charge in [0.1, 0.15) is 5.82 Å². The molecule has 0 bridgehead atoms. The van der Waals surface area contributed by atoms with E-state index in [-0.39, 0.29) is 11.5 Å². The zero-order valence-electron chi connectivity index (χ0n) is 19.1. The highest BCUT2D eigenvalue weighted by molar-refractivity contribution is 5.94. The minimum atomic E-state index is -0.0651. The third-order valence-corrected chi connectivity index (χ3v) is 7.50. The molecule has 3 aliphatic heterocycles.